The second kappa shape index (κ2) is 7.03. The molecule has 1 amide bonds. The maximum absolute atomic E-state index is 12.1. The molecular weight excluding hydrogens is 220 g/mol. The molecule has 0 atom stereocenters. The van der Waals surface area contributed by atoms with Gasteiger partial charge in [-0.25, -0.2) is 4.98 Å². The van der Waals surface area contributed by atoms with Crippen molar-refractivity contribution in [3.8, 4) is 0 Å². The molecule has 6 nitrogen and oxygen atoms in total. The number of rotatable bonds is 7. The molecule has 6 heteroatoms. The Hall–Kier alpha value is -1.40. The number of hydrogen-bond acceptors (Lipinski definition) is 4. The van der Waals surface area contributed by atoms with Crippen molar-refractivity contribution in [2.75, 3.05) is 33.4 Å². The van der Waals surface area contributed by atoms with Crippen LogP contribution in [0.5, 0.6) is 0 Å². The van der Waals surface area contributed by atoms with Crippen LogP contribution in [0, 0.1) is 0 Å². The zero-order valence-corrected chi connectivity index (χ0v) is 10.4. The molecule has 0 radical (unpaired) electrons. The average molecular weight is 240 g/mol. The monoisotopic (exact) mass is 240 g/mol. The highest BCUT2D eigenvalue weighted by atomic mass is 16.5. The molecule has 0 aliphatic rings. The number of carbonyl (C=O) groups is 1. The molecule has 1 aromatic heterocycles. The van der Waals surface area contributed by atoms with E-state index in [0.717, 1.165) is 0 Å². The molecule has 0 unspecified atom stereocenters. The summed E-state index contributed by atoms with van der Waals surface area (Å²) < 4.78 is 6.78. The van der Waals surface area contributed by atoms with Crippen LogP contribution < -0.4 is 5.73 Å². The van der Waals surface area contributed by atoms with Crippen LogP contribution in [0.15, 0.2) is 12.5 Å². The van der Waals surface area contributed by atoms with Crippen LogP contribution in [0.1, 0.15) is 17.4 Å². The number of aromatic nitrogens is 2. The van der Waals surface area contributed by atoms with Crippen LogP contribution in [0.4, 0.5) is 0 Å². The van der Waals surface area contributed by atoms with Gasteiger partial charge in [-0.1, -0.05) is 0 Å². The fourth-order valence-electron chi connectivity index (χ4n) is 1.51. The first kappa shape index (κ1) is 13.7. The van der Waals surface area contributed by atoms with Gasteiger partial charge in [-0.3, -0.25) is 4.79 Å². The van der Waals surface area contributed by atoms with Gasteiger partial charge >= 0.3 is 0 Å². The minimum Gasteiger partial charge on any atom is -0.383 e. The molecule has 0 saturated carbocycles. The summed E-state index contributed by atoms with van der Waals surface area (Å²) in [7, 11) is 1.62. The maximum atomic E-state index is 12.1. The first-order valence-corrected chi connectivity index (χ1v) is 5.73. The van der Waals surface area contributed by atoms with Gasteiger partial charge in [-0.2, -0.15) is 0 Å². The van der Waals surface area contributed by atoms with Gasteiger partial charge in [0.15, 0.2) is 0 Å². The Morgan fingerprint density at radius 1 is 1.65 bits per heavy atom. The quantitative estimate of drug-likeness (QED) is 0.725. The molecular formula is C11H20N4O2. The van der Waals surface area contributed by atoms with Crippen LogP contribution in [-0.2, 0) is 11.3 Å². The molecule has 17 heavy (non-hydrogen) atoms. The van der Waals surface area contributed by atoms with Crippen molar-refractivity contribution in [1.82, 2.24) is 14.5 Å². The standard InChI is InChI=1S/C11H20N4O2/c1-3-15(6-7-17-2)11(16)10-8-14(5-4-12)9-13-10/h8-9H,3-7,12H2,1-2H3. The minimum absolute atomic E-state index is 0.0691. The lowest BCUT2D eigenvalue weighted by molar-refractivity contribution is 0.0701. The molecule has 0 spiro atoms. The molecule has 1 heterocycles. The van der Waals surface area contributed by atoms with Crippen molar-refractivity contribution >= 4 is 5.91 Å². The Kier molecular flexibility index (Phi) is 5.65. The molecule has 0 aromatic carbocycles. The minimum atomic E-state index is -0.0691. The smallest absolute Gasteiger partial charge is 0.274 e. The molecule has 0 fully saturated rings. The summed E-state index contributed by atoms with van der Waals surface area (Å²) in [5.41, 5.74) is 5.89. The van der Waals surface area contributed by atoms with E-state index in [2.05, 4.69) is 4.98 Å². The third kappa shape index (κ3) is 3.83. The molecule has 0 saturated heterocycles. The van der Waals surface area contributed by atoms with Gasteiger partial charge in [0.1, 0.15) is 5.69 Å². The van der Waals surface area contributed by atoms with E-state index in [1.54, 1.807) is 24.5 Å². The van der Waals surface area contributed by atoms with E-state index >= 15 is 0 Å². The van der Waals surface area contributed by atoms with E-state index in [9.17, 15) is 4.79 Å². The molecule has 0 bridgehead atoms. The molecule has 0 aliphatic carbocycles. The zero-order chi connectivity index (χ0) is 12.7. The molecule has 1 rings (SSSR count). The fourth-order valence-corrected chi connectivity index (χ4v) is 1.51. The van der Waals surface area contributed by atoms with Crippen molar-refractivity contribution in [2.45, 2.75) is 13.5 Å². The van der Waals surface area contributed by atoms with Crippen molar-refractivity contribution in [3.05, 3.63) is 18.2 Å². The number of nitrogens with zero attached hydrogens (tertiary/aromatic N) is 3. The van der Waals surface area contributed by atoms with Crippen molar-refractivity contribution < 1.29 is 9.53 Å². The van der Waals surface area contributed by atoms with Gasteiger partial charge in [0.2, 0.25) is 0 Å². The summed E-state index contributed by atoms with van der Waals surface area (Å²) in [5.74, 6) is -0.0691. The van der Waals surface area contributed by atoms with Crippen LogP contribution in [0.3, 0.4) is 0 Å². The van der Waals surface area contributed by atoms with Gasteiger partial charge in [0.25, 0.3) is 5.91 Å². The van der Waals surface area contributed by atoms with Crippen LogP contribution in [0.2, 0.25) is 0 Å². The molecule has 2 N–H and O–H groups in total. The molecule has 1 aromatic rings. The largest absolute Gasteiger partial charge is 0.383 e. The van der Waals surface area contributed by atoms with E-state index in [-0.39, 0.29) is 5.91 Å². The highest BCUT2D eigenvalue weighted by molar-refractivity contribution is 5.92. The summed E-state index contributed by atoms with van der Waals surface area (Å²) >= 11 is 0. The number of likely N-dealkylation sites (N-methyl/N-ethyl adjacent to an activating group) is 1. The number of imidazole rings is 1. The summed E-state index contributed by atoms with van der Waals surface area (Å²) in [6, 6.07) is 0. The lowest BCUT2D eigenvalue weighted by Crippen LogP contribution is -2.33. The number of nitrogens with two attached hydrogens (primary N) is 1. The number of amides is 1. The van der Waals surface area contributed by atoms with Crippen molar-refractivity contribution in [1.29, 1.82) is 0 Å². The van der Waals surface area contributed by atoms with E-state index in [0.29, 0.717) is 38.5 Å². The first-order valence-electron chi connectivity index (χ1n) is 5.73. The third-order valence-corrected chi connectivity index (χ3v) is 2.47. The summed E-state index contributed by atoms with van der Waals surface area (Å²) in [5, 5.41) is 0. The number of carbonyl (C=O) groups excluding carboxylic acids is 1. The Morgan fingerprint density at radius 3 is 3.00 bits per heavy atom. The van der Waals surface area contributed by atoms with Crippen LogP contribution in [0.25, 0.3) is 0 Å². The predicted molar refractivity (Wildman–Crippen MR) is 64.7 cm³/mol. The lowest BCUT2D eigenvalue weighted by Gasteiger charge is -2.18. The highest BCUT2D eigenvalue weighted by Gasteiger charge is 2.16. The van der Waals surface area contributed by atoms with E-state index < -0.39 is 0 Å². The van der Waals surface area contributed by atoms with Crippen molar-refractivity contribution in [2.24, 2.45) is 5.73 Å². The van der Waals surface area contributed by atoms with E-state index in [4.69, 9.17) is 10.5 Å². The number of ether oxygens (including phenoxy) is 1. The van der Waals surface area contributed by atoms with Gasteiger partial charge in [-0.05, 0) is 6.92 Å². The fraction of sp³-hybridized carbons (Fsp3) is 0.636. The lowest BCUT2D eigenvalue weighted by atomic mass is 10.3. The molecule has 0 aliphatic heterocycles. The van der Waals surface area contributed by atoms with E-state index in [1.165, 1.54) is 0 Å². The predicted octanol–water partition coefficient (Wildman–Crippen LogP) is -0.0497. The summed E-state index contributed by atoms with van der Waals surface area (Å²) in [6.07, 6.45) is 3.36. The second-order valence-corrected chi connectivity index (χ2v) is 3.66. The van der Waals surface area contributed by atoms with Crippen LogP contribution >= 0.6 is 0 Å². The second-order valence-electron chi connectivity index (χ2n) is 3.66. The highest BCUT2D eigenvalue weighted by Crippen LogP contribution is 2.02. The first-order chi connectivity index (χ1) is 8.22. The summed E-state index contributed by atoms with van der Waals surface area (Å²) in [6.45, 7) is 4.89. The van der Waals surface area contributed by atoms with Crippen LogP contribution in [-0.4, -0.2) is 53.7 Å². The average Bonchev–Trinajstić information content (AvgIpc) is 2.79. The Bertz CT molecular complexity index is 351. The van der Waals surface area contributed by atoms with Gasteiger partial charge in [0.05, 0.1) is 12.9 Å². The third-order valence-electron chi connectivity index (χ3n) is 2.47. The number of hydrogen-bond donors (Lipinski definition) is 1. The maximum Gasteiger partial charge on any atom is 0.274 e. The summed E-state index contributed by atoms with van der Waals surface area (Å²) in [4.78, 5) is 17.9. The van der Waals surface area contributed by atoms with E-state index in [1.807, 2.05) is 11.5 Å². The SMILES string of the molecule is CCN(CCOC)C(=O)c1cn(CCN)cn1. The molecule has 96 valence electrons. The Balaban J connectivity index is 2.65. The zero-order valence-electron chi connectivity index (χ0n) is 10.4. The normalized spacial score (nSPS) is 10.5. The van der Waals surface area contributed by atoms with Gasteiger partial charge < -0.3 is 19.9 Å². The van der Waals surface area contributed by atoms with Gasteiger partial charge in [-0.15, -0.1) is 0 Å². The number of methoxy groups -OCH3 is 1. The van der Waals surface area contributed by atoms with Gasteiger partial charge in [0, 0.05) is 39.5 Å². The Morgan fingerprint density at radius 2 is 2.41 bits per heavy atom. The topological polar surface area (TPSA) is 73.4 Å². The Labute approximate surface area is 101 Å². The van der Waals surface area contributed by atoms with Crippen molar-refractivity contribution in [3.63, 3.8) is 0 Å².